The van der Waals surface area contributed by atoms with Crippen molar-refractivity contribution in [2.45, 2.75) is 33.1 Å². The first-order valence-electron chi connectivity index (χ1n) is 8.64. The summed E-state index contributed by atoms with van der Waals surface area (Å²) in [5.74, 6) is 1.28. The molecule has 0 saturated carbocycles. The van der Waals surface area contributed by atoms with Gasteiger partial charge in [0.1, 0.15) is 0 Å². The van der Waals surface area contributed by atoms with E-state index in [0.717, 1.165) is 32.0 Å². The SMILES string of the molecule is CCNC(=NCC(C)c1ccc(C)cc1)NCCc1cnn(C)c1.I. The number of aromatic nitrogens is 2. The lowest BCUT2D eigenvalue weighted by Gasteiger charge is -2.14. The number of aryl methyl sites for hydroxylation is 2. The van der Waals surface area contributed by atoms with Gasteiger partial charge >= 0.3 is 0 Å². The van der Waals surface area contributed by atoms with Crippen molar-refractivity contribution >= 4 is 29.9 Å². The highest BCUT2D eigenvalue weighted by molar-refractivity contribution is 14.0. The number of aliphatic imine (C=N–C) groups is 1. The average molecular weight is 455 g/mol. The van der Waals surface area contributed by atoms with Gasteiger partial charge in [-0.2, -0.15) is 5.10 Å². The number of guanidine groups is 1. The van der Waals surface area contributed by atoms with Crippen molar-refractivity contribution in [3.8, 4) is 0 Å². The third-order valence-corrected chi connectivity index (χ3v) is 3.98. The zero-order valence-electron chi connectivity index (χ0n) is 15.6. The van der Waals surface area contributed by atoms with Crippen LogP contribution in [0.2, 0.25) is 0 Å². The van der Waals surface area contributed by atoms with Crippen LogP contribution >= 0.6 is 24.0 Å². The fourth-order valence-electron chi connectivity index (χ4n) is 2.50. The predicted octanol–water partition coefficient (Wildman–Crippen LogP) is 3.25. The van der Waals surface area contributed by atoms with Crippen LogP contribution in [0.1, 0.15) is 36.5 Å². The Morgan fingerprint density at radius 3 is 2.56 bits per heavy atom. The molecule has 1 aromatic carbocycles. The third kappa shape index (κ3) is 7.46. The van der Waals surface area contributed by atoms with E-state index in [2.05, 4.69) is 60.8 Å². The minimum absolute atomic E-state index is 0. The number of rotatable bonds is 7. The maximum atomic E-state index is 4.72. The molecule has 6 heteroatoms. The number of halogens is 1. The largest absolute Gasteiger partial charge is 0.357 e. The van der Waals surface area contributed by atoms with Crippen LogP contribution in [-0.2, 0) is 13.5 Å². The number of benzene rings is 1. The molecule has 0 amide bonds. The molecule has 25 heavy (non-hydrogen) atoms. The van der Waals surface area contributed by atoms with E-state index in [0.29, 0.717) is 5.92 Å². The number of nitrogens with one attached hydrogen (secondary N) is 2. The molecule has 0 fully saturated rings. The van der Waals surface area contributed by atoms with Crippen molar-refractivity contribution in [3.63, 3.8) is 0 Å². The minimum Gasteiger partial charge on any atom is -0.357 e. The van der Waals surface area contributed by atoms with Crippen molar-refractivity contribution in [1.29, 1.82) is 0 Å². The van der Waals surface area contributed by atoms with Crippen LogP contribution in [0, 0.1) is 6.92 Å². The second kappa shape index (κ2) is 11.1. The molecule has 0 radical (unpaired) electrons. The van der Waals surface area contributed by atoms with Crippen LogP contribution in [0.5, 0.6) is 0 Å². The van der Waals surface area contributed by atoms with E-state index in [-0.39, 0.29) is 24.0 Å². The highest BCUT2D eigenvalue weighted by Gasteiger charge is 2.05. The van der Waals surface area contributed by atoms with Gasteiger partial charge in [0.2, 0.25) is 0 Å². The van der Waals surface area contributed by atoms with Gasteiger partial charge in [0.05, 0.1) is 6.20 Å². The van der Waals surface area contributed by atoms with E-state index in [1.807, 2.05) is 24.1 Å². The van der Waals surface area contributed by atoms with E-state index in [9.17, 15) is 0 Å². The lowest BCUT2D eigenvalue weighted by atomic mass is 10.0. The Morgan fingerprint density at radius 1 is 1.24 bits per heavy atom. The second-order valence-electron chi connectivity index (χ2n) is 6.23. The quantitative estimate of drug-likeness (QED) is 0.383. The Hall–Kier alpha value is -1.57. The van der Waals surface area contributed by atoms with E-state index < -0.39 is 0 Å². The standard InChI is InChI=1S/C19H29N5.HI/c1-5-20-19(21-11-10-17-13-23-24(4)14-17)22-12-16(3)18-8-6-15(2)7-9-18;/h6-9,13-14,16H,5,10-12H2,1-4H3,(H2,20,21,22);1H. The zero-order chi connectivity index (χ0) is 17.4. The zero-order valence-corrected chi connectivity index (χ0v) is 18.0. The van der Waals surface area contributed by atoms with Crippen LogP contribution in [-0.4, -0.2) is 35.4 Å². The maximum absolute atomic E-state index is 4.72. The summed E-state index contributed by atoms with van der Waals surface area (Å²) in [6.45, 7) is 8.89. The molecule has 138 valence electrons. The molecule has 1 heterocycles. The van der Waals surface area contributed by atoms with Gasteiger partial charge < -0.3 is 10.6 Å². The Kier molecular flexibility index (Phi) is 9.55. The van der Waals surface area contributed by atoms with Crippen molar-refractivity contribution in [2.24, 2.45) is 12.0 Å². The molecule has 1 atom stereocenters. The van der Waals surface area contributed by atoms with E-state index >= 15 is 0 Å². The molecule has 2 rings (SSSR count). The normalized spacial score (nSPS) is 12.4. The summed E-state index contributed by atoms with van der Waals surface area (Å²) in [5, 5.41) is 10.9. The summed E-state index contributed by atoms with van der Waals surface area (Å²) in [6.07, 6.45) is 4.89. The number of nitrogens with zero attached hydrogens (tertiary/aromatic N) is 3. The van der Waals surface area contributed by atoms with Crippen molar-refractivity contribution in [2.75, 3.05) is 19.6 Å². The monoisotopic (exact) mass is 455 g/mol. The second-order valence-corrected chi connectivity index (χ2v) is 6.23. The molecule has 1 aromatic heterocycles. The Morgan fingerprint density at radius 2 is 1.96 bits per heavy atom. The molecule has 1 unspecified atom stereocenters. The average Bonchev–Trinajstić information content (AvgIpc) is 2.98. The lowest BCUT2D eigenvalue weighted by Crippen LogP contribution is -2.38. The smallest absolute Gasteiger partial charge is 0.191 e. The van der Waals surface area contributed by atoms with Crippen molar-refractivity contribution in [3.05, 3.63) is 53.3 Å². The summed E-state index contributed by atoms with van der Waals surface area (Å²) in [6, 6.07) is 8.70. The van der Waals surface area contributed by atoms with E-state index in [1.54, 1.807) is 0 Å². The van der Waals surface area contributed by atoms with Gasteiger partial charge in [-0.3, -0.25) is 9.67 Å². The van der Waals surface area contributed by atoms with Gasteiger partial charge in [-0.05, 0) is 31.4 Å². The molecule has 5 nitrogen and oxygen atoms in total. The molecule has 0 aliphatic carbocycles. The predicted molar refractivity (Wildman–Crippen MR) is 116 cm³/mol. The topological polar surface area (TPSA) is 54.2 Å². The summed E-state index contributed by atoms with van der Waals surface area (Å²) in [4.78, 5) is 4.72. The molecule has 2 N–H and O–H groups in total. The highest BCUT2D eigenvalue weighted by Crippen LogP contribution is 2.15. The lowest BCUT2D eigenvalue weighted by molar-refractivity contribution is 0.744. The van der Waals surface area contributed by atoms with Gasteiger partial charge in [0.15, 0.2) is 5.96 Å². The minimum atomic E-state index is 0. The first-order valence-corrected chi connectivity index (χ1v) is 8.64. The molecular formula is C19H30IN5. The Balaban J connectivity index is 0.00000312. The fourth-order valence-corrected chi connectivity index (χ4v) is 2.50. The van der Waals surface area contributed by atoms with Gasteiger partial charge in [0, 0.05) is 38.8 Å². The number of hydrogen-bond acceptors (Lipinski definition) is 2. The van der Waals surface area contributed by atoms with Gasteiger partial charge in [-0.25, -0.2) is 0 Å². The maximum Gasteiger partial charge on any atom is 0.191 e. The molecule has 2 aromatic rings. The summed E-state index contributed by atoms with van der Waals surface area (Å²) in [5.41, 5.74) is 3.85. The summed E-state index contributed by atoms with van der Waals surface area (Å²) >= 11 is 0. The van der Waals surface area contributed by atoms with Crippen LogP contribution < -0.4 is 10.6 Å². The van der Waals surface area contributed by atoms with Crippen LogP contribution in [0.25, 0.3) is 0 Å². The van der Waals surface area contributed by atoms with Crippen LogP contribution in [0.4, 0.5) is 0 Å². The van der Waals surface area contributed by atoms with E-state index in [4.69, 9.17) is 4.99 Å². The summed E-state index contributed by atoms with van der Waals surface area (Å²) < 4.78 is 1.83. The molecule has 0 bridgehead atoms. The number of hydrogen-bond donors (Lipinski definition) is 2. The van der Waals surface area contributed by atoms with E-state index in [1.165, 1.54) is 16.7 Å². The molecular weight excluding hydrogens is 425 g/mol. The summed E-state index contributed by atoms with van der Waals surface area (Å²) in [7, 11) is 1.94. The third-order valence-electron chi connectivity index (χ3n) is 3.98. The molecule has 0 saturated heterocycles. The fraction of sp³-hybridized carbons (Fsp3) is 0.474. The first kappa shape index (κ1) is 21.5. The van der Waals surface area contributed by atoms with Crippen molar-refractivity contribution < 1.29 is 0 Å². The van der Waals surface area contributed by atoms with Crippen molar-refractivity contribution in [1.82, 2.24) is 20.4 Å². The van der Waals surface area contributed by atoms with Gasteiger partial charge in [0.25, 0.3) is 0 Å². The van der Waals surface area contributed by atoms with Gasteiger partial charge in [-0.1, -0.05) is 36.8 Å². The van der Waals surface area contributed by atoms with Crippen LogP contribution in [0.3, 0.4) is 0 Å². The first-order chi connectivity index (χ1) is 11.6. The van der Waals surface area contributed by atoms with Crippen LogP contribution in [0.15, 0.2) is 41.7 Å². The molecule has 0 aliphatic heterocycles. The Labute approximate surface area is 168 Å². The van der Waals surface area contributed by atoms with Gasteiger partial charge in [-0.15, -0.1) is 24.0 Å². The highest BCUT2D eigenvalue weighted by atomic mass is 127. The molecule has 0 aliphatic rings. The molecule has 0 spiro atoms. The Bertz CT molecular complexity index is 648.